The minimum atomic E-state index is -0.574. The van der Waals surface area contributed by atoms with E-state index < -0.39 is 5.54 Å². The average molecular weight is 414 g/mol. The van der Waals surface area contributed by atoms with Gasteiger partial charge >= 0.3 is 5.97 Å². The van der Waals surface area contributed by atoms with E-state index in [0.717, 1.165) is 22.9 Å². The van der Waals surface area contributed by atoms with E-state index in [2.05, 4.69) is 4.90 Å². The molecule has 154 valence electrons. The largest absolute Gasteiger partial charge is 0.462 e. The van der Waals surface area contributed by atoms with Gasteiger partial charge in [0.05, 0.1) is 30.9 Å². The van der Waals surface area contributed by atoms with E-state index in [4.69, 9.17) is 9.47 Å². The summed E-state index contributed by atoms with van der Waals surface area (Å²) in [6, 6.07) is 15.0. The Balaban J connectivity index is 1.74. The lowest BCUT2D eigenvalue weighted by Crippen LogP contribution is -2.54. The molecule has 1 aliphatic heterocycles. The standard InChI is InChI=1S/C23H27NO4S/c1-4-28-22(26)19-7-5-6-8-20(19)29-18-11-9-17(10-12-18)21(25)23(2,3)24-13-15-27-16-14-24/h5-12H,4,13-16H2,1-3H3. The smallest absolute Gasteiger partial charge is 0.339 e. The molecule has 1 fully saturated rings. The fraction of sp³-hybridized carbons (Fsp3) is 0.391. The Kier molecular flexibility index (Phi) is 7.11. The second-order valence-electron chi connectivity index (χ2n) is 7.33. The van der Waals surface area contributed by atoms with Gasteiger partial charge in [-0.1, -0.05) is 36.0 Å². The van der Waals surface area contributed by atoms with Crippen molar-refractivity contribution in [1.82, 2.24) is 4.90 Å². The second kappa shape index (κ2) is 9.57. The average Bonchev–Trinajstić information content (AvgIpc) is 2.75. The summed E-state index contributed by atoms with van der Waals surface area (Å²) in [4.78, 5) is 29.2. The van der Waals surface area contributed by atoms with Crippen LogP contribution in [0.2, 0.25) is 0 Å². The quantitative estimate of drug-likeness (QED) is 0.498. The maximum absolute atomic E-state index is 13.1. The van der Waals surface area contributed by atoms with Crippen molar-refractivity contribution in [3.05, 3.63) is 59.7 Å². The van der Waals surface area contributed by atoms with Gasteiger partial charge in [-0.2, -0.15) is 0 Å². The van der Waals surface area contributed by atoms with Gasteiger partial charge in [0, 0.05) is 28.4 Å². The number of ketones is 1. The van der Waals surface area contributed by atoms with E-state index in [0.29, 0.717) is 30.9 Å². The SMILES string of the molecule is CCOC(=O)c1ccccc1Sc1ccc(C(=O)C(C)(C)N2CCOCC2)cc1. The minimum Gasteiger partial charge on any atom is -0.462 e. The normalized spacial score (nSPS) is 15.1. The molecule has 2 aromatic rings. The third kappa shape index (κ3) is 5.07. The van der Waals surface area contributed by atoms with Crippen molar-refractivity contribution in [2.75, 3.05) is 32.9 Å². The maximum atomic E-state index is 13.1. The summed E-state index contributed by atoms with van der Waals surface area (Å²) in [7, 11) is 0. The maximum Gasteiger partial charge on any atom is 0.339 e. The van der Waals surface area contributed by atoms with E-state index in [9.17, 15) is 9.59 Å². The Morgan fingerprint density at radius 3 is 2.38 bits per heavy atom. The summed E-state index contributed by atoms with van der Waals surface area (Å²) in [5.41, 5.74) is 0.659. The highest BCUT2D eigenvalue weighted by Gasteiger charge is 2.35. The van der Waals surface area contributed by atoms with Crippen LogP contribution in [0.1, 0.15) is 41.5 Å². The summed E-state index contributed by atoms with van der Waals surface area (Å²) < 4.78 is 10.5. The number of nitrogens with zero attached hydrogens (tertiary/aromatic N) is 1. The van der Waals surface area contributed by atoms with E-state index in [-0.39, 0.29) is 11.8 Å². The highest BCUT2D eigenvalue weighted by Crippen LogP contribution is 2.32. The zero-order chi connectivity index (χ0) is 20.9. The van der Waals surface area contributed by atoms with Gasteiger partial charge in [0.1, 0.15) is 0 Å². The van der Waals surface area contributed by atoms with Crippen LogP contribution in [0.25, 0.3) is 0 Å². The molecule has 0 unspecified atom stereocenters. The first-order chi connectivity index (χ1) is 13.9. The minimum absolute atomic E-state index is 0.0999. The Hall–Kier alpha value is -2.15. The predicted molar refractivity (Wildman–Crippen MR) is 114 cm³/mol. The van der Waals surface area contributed by atoms with E-state index in [1.165, 1.54) is 11.8 Å². The monoisotopic (exact) mass is 413 g/mol. The summed E-state index contributed by atoms with van der Waals surface area (Å²) >= 11 is 1.49. The fourth-order valence-corrected chi connectivity index (χ4v) is 4.29. The third-order valence-corrected chi connectivity index (χ3v) is 6.17. The Bertz CT molecular complexity index is 857. The van der Waals surface area contributed by atoms with Crippen LogP contribution in [0.3, 0.4) is 0 Å². The molecule has 0 radical (unpaired) electrons. The molecule has 1 heterocycles. The number of esters is 1. The third-order valence-electron chi connectivity index (χ3n) is 5.08. The molecular formula is C23H27NO4S. The zero-order valence-corrected chi connectivity index (χ0v) is 18.0. The van der Waals surface area contributed by atoms with Crippen molar-refractivity contribution in [3.8, 4) is 0 Å². The summed E-state index contributed by atoms with van der Waals surface area (Å²) in [6.45, 7) is 8.92. The van der Waals surface area contributed by atoms with Gasteiger partial charge in [-0.05, 0) is 45.0 Å². The number of hydrogen-bond acceptors (Lipinski definition) is 6. The van der Waals surface area contributed by atoms with Gasteiger partial charge in [0.2, 0.25) is 0 Å². The van der Waals surface area contributed by atoms with Crippen LogP contribution in [-0.2, 0) is 9.47 Å². The van der Waals surface area contributed by atoms with Gasteiger partial charge < -0.3 is 9.47 Å². The van der Waals surface area contributed by atoms with Crippen molar-refractivity contribution in [2.45, 2.75) is 36.1 Å². The Labute approximate surface area is 176 Å². The van der Waals surface area contributed by atoms with Crippen molar-refractivity contribution in [2.24, 2.45) is 0 Å². The molecule has 6 heteroatoms. The number of hydrogen-bond donors (Lipinski definition) is 0. The summed E-state index contributed by atoms with van der Waals surface area (Å²) in [5.74, 6) is -0.225. The molecule has 1 saturated heterocycles. The van der Waals surface area contributed by atoms with E-state index in [1.807, 2.05) is 56.3 Å². The van der Waals surface area contributed by atoms with Gasteiger partial charge in [0.25, 0.3) is 0 Å². The molecule has 1 aliphatic rings. The first kappa shape index (κ1) is 21.6. The van der Waals surface area contributed by atoms with E-state index >= 15 is 0 Å². The van der Waals surface area contributed by atoms with Crippen LogP contribution in [0, 0.1) is 0 Å². The predicted octanol–water partition coefficient (Wildman–Crippen LogP) is 4.31. The summed E-state index contributed by atoms with van der Waals surface area (Å²) in [5, 5.41) is 0. The van der Waals surface area contributed by atoms with Crippen LogP contribution in [0.4, 0.5) is 0 Å². The lowest BCUT2D eigenvalue weighted by atomic mass is 9.91. The molecule has 0 spiro atoms. The van der Waals surface area contributed by atoms with Crippen LogP contribution in [-0.4, -0.2) is 55.1 Å². The first-order valence-corrected chi connectivity index (χ1v) is 10.7. The molecule has 3 rings (SSSR count). The molecule has 0 aromatic heterocycles. The van der Waals surface area contributed by atoms with Gasteiger partial charge in [0.15, 0.2) is 5.78 Å². The topological polar surface area (TPSA) is 55.8 Å². The number of benzene rings is 2. The number of morpholine rings is 1. The molecule has 0 atom stereocenters. The number of carbonyl (C=O) groups excluding carboxylic acids is 2. The van der Waals surface area contributed by atoms with Gasteiger partial charge in [-0.15, -0.1) is 0 Å². The van der Waals surface area contributed by atoms with Crippen molar-refractivity contribution >= 4 is 23.5 Å². The fourth-order valence-electron chi connectivity index (χ4n) is 3.35. The molecule has 0 amide bonds. The molecular weight excluding hydrogens is 386 g/mol. The van der Waals surface area contributed by atoms with E-state index in [1.54, 1.807) is 13.0 Å². The molecule has 5 nitrogen and oxygen atoms in total. The number of Topliss-reactive ketones (excluding diaryl/α,β-unsaturated/α-hetero) is 1. The van der Waals surface area contributed by atoms with Crippen LogP contribution >= 0.6 is 11.8 Å². The van der Waals surface area contributed by atoms with Crippen molar-refractivity contribution in [3.63, 3.8) is 0 Å². The highest BCUT2D eigenvalue weighted by atomic mass is 32.2. The summed E-state index contributed by atoms with van der Waals surface area (Å²) in [6.07, 6.45) is 0. The lowest BCUT2D eigenvalue weighted by Gasteiger charge is -2.39. The Morgan fingerprint density at radius 2 is 1.72 bits per heavy atom. The highest BCUT2D eigenvalue weighted by molar-refractivity contribution is 7.99. The lowest BCUT2D eigenvalue weighted by molar-refractivity contribution is -0.00430. The number of carbonyl (C=O) groups is 2. The molecule has 2 aromatic carbocycles. The number of rotatable bonds is 7. The van der Waals surface area contributed by atoms with Crippen LogP contribution in [0.5, 0.6) is 0 Å². The Morgan fingerprint density at radius 1 is 1.07 bits per heavy atom. The van der Waals surface area contributed by atoms with Gasteiger partial charge in [-0.25, -0.2) is 4.79 Å². The molecule has 29 heavy (non-hydrogen) atoms. The van der Waals surface area contributed by atoms with Gasteiger partial charge in [-0.3, -0.25) is 9.69 Å². The van der Waals surface area contributed by atoms with Crippen molar-refractivity contribution in [1.29, 1.82) is 0 Å². The van der Waals surface area contributed by atoms with Crippen LogP contribution in [0.15, 0.2) is 58.3 Å². The molecule has 0 N–H and O–H groups in total. The number of ether oxygens (including phenoxy) is 2. The van der Waals surface area contributed by atoms with Crippen LogP contribution < -0.4 is 0 Å². The first-order valence-electron chi connectivity index (χ1n) is 9.85. The zero-order valence-electron chi connectivity index (χ0n) is 17.1. The second-order valence-corrected chi connectivity index (χ2v) is 8.45. The van der Waals surface area contributed by atoms with Crippen molar-refractivity contribution < 1.29 is 19.1 Å². The molecule has 0 aliphatic carbocycles. The molecule has 0 saturated carbocycles. The molecule has 0 bridgehead atoms.